The van der Waals surface area contributed by atoms with E-state index in [1.54, 1.807) is 31.3 Å². The van der Waals surface area contributed by atoms with Gasteiger partial charge in [-0.2, -0.15) is 0 Å². The molecule has 0 aromatic heterocycles. The first-order chi connectivity index (χ1) is 13.0. The van der Waals surface area contributed by atoms with Crippen LogP contribution in [0.5, 0.6) is 11.5 Å². The van der Waals surface area contributed by atoms with Gasteiger partial charge in [-0.15, -0.1) is 0 Å². The Morgan fingerprint density at radius 3 is 2.63 bits per heavy atom. The van der Waals surface area contributed by atoms with Crippen LogP contribution in [-0.2, 0) is 9.59 Å². The molecule has 0 saturated carbocycles. The molecule has 0 spiro atoms. The van der Waals surface area contributed by atoms with Crippen molar-refractivity contribution in [2.75, 3.05) is 25.7 Å². The summed E-state index contributed by atoms with van der Waals surface area (Å²) in [6, 6.07) is 5.50. The van der Waals surface area contributed by atoms with Gasteiger partial charge in [0, 0.05) is 30.8 Å². The van der Waals surface area contributed by atoms with Gasteiger partial charge in [0.25, 0.3) is 0 Å². The van der Waals surface area contributed by atoms with Crippen molar-refractivity contribution in [3.63, 3.8) is 0 Å². The number of benzene rings is 1. The Labute approximate surface area is 162 Å². The fraction of sp³-hybridized carbons (Fsp3) is 0.619. The summed E-state index contributed by atoms with van der Waals surface area (Å²) < 4.78 is 10.5. The number of methoxy groups -OCH3 is 2. The summed E-state index contributed by atoms with van der Waals surface area (Å²) in [7, 11) is 3.13. The number of nitrogens with one attached hydrogen (secondary N) is 1. The molecule has 0 radical (unpaired) electrons. The minimum absolute atomic E-state index is 0.0330. The minimum Gasteiger partial charge on any atom is -0.493 e. The summed E-state index contributed by atoms with van der Waals surface area (Å²) in [6.45, 7) is 4.61. The molecule has 1 aliphatic rings. The summed E-state index contributed by atoms with van der Waals surface area (Å²) >= 11 is 0. The van der Waals surface area contributed by atoms with Crippen molar-refractivity contribution in [1.82, 2.24) is 5.32 Å². The highest BCUT2D eigenvalue weighted by Crippen LogP contribution is 2.34. The number of amides is 2. The first kappa shape index (κ1) is 21.1. The van der Waals surface area contributed by atoms with Gasteiger partial charge < -0.3 is 19.7 Å². The molecular weight excluding hydrogens is 344 g/mol. The van der Waals surface area contributed by atoms with Crippen molar-refractivity contribution in [3.8, 4) is 11.5 Å². The zero-order chi connectivity index (χ0) is 19.8. The molecule has 2 amide bonds. The van der Waals surface area contributed by atoms with E-state index in [1.165, 1.54) is 19.3 Å². The number of nitrogens with zero attached hydrogens (tertiary/aromatic N) is 1. The Kier molecular flexibility index (Phi) is 7.95. The molecule has 0 bridgehead atoms. The van der Waals surface area contributed by atoms with Crippen molar-refractivity contribution in [1.29, 1.82) is 0 Å². The number of carbonyl (C=O) groups is 2. The van der Waals surface area contributed by atoms with Crippen LogP contribution >= 0.6 is 0 Å². The van der Waals surface area contributed by atoms with Crippen molar-refractivity contribution in [2.24, 2.45) is 5.92 Å². The smallest absolute Gasteiger partial charge is 0.227 e. The van der Waals surface area contributed by atoms with Gasteiger partial charge in [0.1, 0.15) is 0 Å². The Bertz CT molecular complexity index is 647. The average molecular weight is 376 g/mol. The van der Waals surface area contributed by atoms with Crippen LogP contribution in [0.4, 0.5) is 5.69 Å². The maximum atomic E-state index is 12.6. The van der Waals surface area contributed by atoms with Crippen LogP contribution in [-0.4, -0.2) is 38.6 Å². The van der Waals surface area contributed by atoms with Crippen molar-refractivity contribution in [2.45, 2.75) is 58.4 Å². The molecule has 1 aliphatic heterocycles. The van der Waals surface area contributed by atoms with Gasteiger partial charge in [0.2, 0.25) is 11.8 Å². The summed E-state index contributed by atoms with van der Waals surface area (Å²) in [5, 5.41) is 3.07. The molecule has 6 heteroatoms. The van der Waals surface area contributed by atoms with E-state index < -0.39 is 0 Å². The van der Waals surface area contributed by atoms with E-state index in [1.807, 2.05) is 13.0 Å². The Balaban J connectivity index is 1.93. The number of rotatable bonds is 10. The lowest BCUT2D eigenvalue weighted by Gasteiger charge is -2.19. The zero-order valence-electron chi connectivity index (χ0n) is 16.9. The van der Waals surface area contributed by atoms with Crippen LogP contribution in [0.25, 0.3) is 0 Å². The molecule has 1 aromatic rings. The molecule has 6 nitrogen and oxygen atoms in total. The SMILES string of the molecule is CCCCCCC(C)NC(=O)C1CC(=O)N(c2ccc(OC)c(OC)c2)C1. The molecule has 1 saturated heterocycles. The molecule has 1 fully saturated rings. The van der Waals surface area contributed by atoms with E-state index in [-0.39, 0.29) is 30.2 Å². The van der Waals surface area contributed by atoms with E-state index in [2.05, 4.69) is 12.2 Å². The van der Waals surface area contributed by atoms with Gasteiger partial charge in [0.15, 0.2) is 11.5 Å². The van der Waals surface area contributed by atoms with Crippen LogP contribution in [0.15, 0.2) is 18.2 Å². The second-order valence-corrected chi connectivity index (χ2v) is 7.20. The number of hydrogen-bond acceptors (Lipinski definition) is 4. The third-order valence-corrected chi connectivity index (χ3v) is 5.05. The summed E-state index contributed by atoms with van der Waals surface area (Å²) in [5.41, 5.74) is 0.723. The van der Waals surface area contributed by atoms with Crippen molar-refractivity contribution in [3.05, 3.63) is 18.2 Å². The third-order valence-electron chi connectivity index (χ3n) is 5.05. The van der Waals surface area contributed by atoms with Crippen LogP contribution in [0.2, 0.25) is 0 Å². The predicted octanol–water partition coefficient (Wildman–Crippen LogP) is 3.53. The van der Waals surface area contributed by atoms with Gasteiger partial charge in [0.05, 0.1) is 20.1 Å². The van der Waals surface area contributed by atoms with E-state index in [0.717, 1.165) is 18.5 Å². The molecule has 2 atom stereocenters. The lowest BCUT2D eigenvalue weighted by atomic mass is 10.1. The lowest BCUT2D eigenvalue weighted by Crippen LogP contribution is -2.38. The normalized spacial score (nSPS) is 17.7. The van der Waals surface area contributed by atoms with E-state index in [0.29, 0.717) is 18.0 Å². The molecular formula is C21H32N2O4. The highest BCUT2D eigenvalue weighted by molar-refractivity contribution is 6.00. The first-order valence-corrected chi connectivity index (χ1v) is 9.82. The van der Waals surface area contributed by atoms with Gasteiger partial charge in [-0.1, -0.05) is 32.6 Å². The monoisotopic (exact) mass is 376 g/mol. The number of hydrogen-bond donors (Lipinski definition) is 1. The van der Waals surface area contributed by atoms with Crippen LogP contribution in [0.3, 0.4) is 0 Å². The van der Waals surface area contributed by atoms with Crippen molar-refractivity contribution >= 4 is 17.5 Å². The number of ether oxygens (including phenoxy) is 2. The van der Waals surface area contributed by atoms with Gasteiger partial charge in [-0.05, 0) is 25.5 Å². The van der Waals surface area contributed by atoms with Gasteiger partial charge in [-0.25, -0.2) is 0 Å². The first-order valence-electron chi connectivity index (χ1n) is 9.82. The fourth-order valence-electron chi connectivity index (χ4n) is 3.44. The lowest BCUT2D eigenvalue weighted by molar-refractivity contribution is -0.126. The van der Waals surface area contributed by atoms with Gasteiger partial charge >= 0.3 is 0 Å². The maximum Gasteiger partial charge on any atom is 0.227 e. The number of carbonyl (C=O) groups excluding carboxylic acids is 2. The Morgan fingerprint density at radius 1 is 1.22 bits per heavy atom. The summed E-state index contributed by atoms with van der Waals surface area (Å²) in [4.78, 5) is 26.7. The fourth-order valence-corrected chi connectivity index (χ4v) is 3.44. The Hall–Kier alpha value is -2.24. The third kappa shape index (κ3) is 5.62. The molecule has 0 aliphatic carbocycles. The summed E-state index contributed by atoms with van der Waals surface area (Å²) in [5.74, 6) is 0.784. The Morgan fingerprint density at radius 2 is 1.96 bits per heavy atom. The topological polar surface area (TPSA) is 67.9 Å². The number of anilines is 1. The number of unbranched alkanes of at least 4 members (excludes halogenated alkanes) is 3. The second-order valence-electron chi connectivity index (χ2n) is 7.20. The predicted molar refractivity (Wildman–Crippen MR) is 106 cm³/mol. The van der Waals surface area contributed by atoms with Gasteiger partial charge in [-0.3, -0.25) is 9.59 Å². The molecule has 1 aromatic carbocycles. The van der Waals surface area contributed by atoms with E-state index in [4.69, 9.17) is 9.47 Å². The van der Waals surface area contributed by atoms with E-state index in [9.17, 15) is 9.59 Å². The quantitative estimate of drug-likeness (QED) is 0.634. The largest absolute Gasteiger partial charge is 0.493 e. The molecule has 2 rings (SSSR count). The molecule has 1 N–H and O–H groups in total. The van der Waals surface area contributed by atoms with E-state index >= 15 is 0 Å². The van der Waals surface area contributed by atoms with Crippen molar-refractivity contribution < 1.29 is 19.1 Å². The highest BCUT2D eigenvalue weighted by Gasteiger charge is 2.35. The van der Waals surface area contributed by atoms with Crippen LogP contribution in [0, 0.1) is 5.92 Å². The highest BCUT2D eigenvalue weighted by atomic mass is 16.5. The molecule has 1 heterocycles. The standard InChI is InChI=1S/C21H32N2O4/c1-5-6-7-8-9-15(2)22-21(25)16-12-20(24)23(14-16)17-10-11-18(26-3)19(13-17)27-4/h10-11,13,15-16H,5-9,12,14H2,1-4H3,(H,22,25). The maximum absolute atomic E-state index is 12.6. The summed E-state index contributed by atoms with van der Waals surface area (Å²) in [6.07, 6.45) is 5.98. The molecule has 27 heavy (non-hydrogen) atoms. The average Bonchev–Trinajstić information content (AvgIpc) is 3.06. The zero-order valence-corrected chi connectivity index (χ0v) is 16.9. The minimum atomic E-state index is -0.316. The molecule has 150 valence electrons. The molecule has 2 unspecified atom stereocenters. The van der Waals surface area contributed by atoms with Crippen LogP contribution in [0.1, 0.15) is 52.4 Å². The second kappa shape index (κ2) is 10.2. The van der Waals surface area contributed by atoms with Crippen LogP contribution < -0.4 is 19.7 Å².